The number of morpholine rings is 1. The standard InChI is InChI=1S/C22H25F3N2O2/c1-15-12-27(13-16(2)29-15)14-18-5-3-17(4-6-18)11-26-21(28)19-7-9-20(10-8-19)22(23,24)25/h3-10,15-16H,11-14H2,1-2H3,(H,26,28). The van der Waals surface area contributed by atoms with Crippen LogP contribution in [0.1, 0.15) is 40.9 Å². The van der Waals surface area contributed by atoms with Gasteiger partial charge in [0.2, 0.25) is 0 Å². The smallest absolute Gasteiger partial charge is 0.373 e. The van der Waals surface area contributed by atoms with E-state index in [9.17, 15) is 18.0 Å². The van der Waals surface area contributed by atoms with Crippen LogP contribution in [-0.4, -0.2) is 36.1 Å². The van der Waals surface area contributed by atoms with Crippen molar-refractivity contribution in [1.29, 1.82) is 0 Å². The summed E-state index contributed by atoms with van der Waals surface area (Å²) in [4.78, 5) is 14.5. The molecule has 2 atom stereocenters. The van der Waals surface area contributed by atoms with Crippen molar-refractivity contribution in [2.45, 2.75) is 45.3 Å². The lowest BCUT2D eigenvalue weighted by molar-refractivity contribution is -0.137. The van der Waals surface area contributed by atoms with Crippen LogP contribution in [0.15, 0.2) is 48.5 Å². The van der Waals surface area contributed by atoms with Gasteiger partial charge in [0.1, 0.15) is 0 Å². The summed E-state index contributed by atoms with van der Waals surface area (Å²) in [5.74, 6) is -0.404. The van der Waals surface area contributed by atoms with Crippen LogP contribution in [0, 0.1) is 0 Å². The average molecular weight is 406 g/mol. The minimum Gasteiger partial charge on any atom is -0.373 e. The topological polar surface area (TPSA) is 41.6 Å². The molecule has 0 aliphatic carbocycles. The molecule has 29 heavy (non-hydrogen) atoms. The van der Waals surface area contributed by atoms with Crippen LogP contribution in [0.4, 0.5) is 13.2 Å². The molecular weight excluding hydrogens is 381 g/mol. The van der Waals surface area contributed by atoms with Crippen molar-refractivity contribution in [3.05, 3.63) is 70.8 Å². The van der Waals surface area contributed by atoms with Crippen molar-refractivity contribution in [2.75, 3.05) is 13.1 Å². The third-order valence-corrected chi connectivity index (χ3v) is 4.85. The predicted octanol–water partition coefficient (Wildman–Crippen LogP) is 4.24. The maximum absolute atomic E-state index is 12.6. The summed E-state index contributed by atoms with van der Waals surface area (Å²) < 4.78 is 43.5. The lowest BCUT2D eigenvalue weighted by atomic mass is 10.1. The first-order chi connectivity index (χ1) is 13.7. The van der Waals surface area contributed by atoms with Gasteiger partial charge >= 0.3 is 6.18 Å². The Morgan fingerprint density at radius 3 is 2.10 bits per heavy atom. The van der Waals surface area contributed by atoms with Crippen molar-refractivity contribution >= 4 is 5.91 Å². The number of nitrogens with one attached hydrogen (secondary N) is 1. The molecule has 156 valence electrons. The highest BCUT2D eigenvalue weighted by molar-refractivity contribution is 5.94. The second-order valence-corrected chi connectivity index (χ2v) is 7.53. The normalized spacial score (nSPS) is 20.4. The maximum atomic E-state index is 12.6. The molecule has 0 radical (unpaired) electrons. The second kappa shape index (κ2) is 8.97. The molecule has 3 rings (SSSR count). The van der Waals surface area contributed by atoms with E-state index in [4.69, 9.17) is 4.74 Å². The molecule has 1 amide bonds. The molecule has 0 spiro atoms. The van der Waals surface area contributed by atoms with Gasteiger partial charge in [-0.2, -0.15) is 13.2 Å². The van der Waals surface area contributed by atoms with E-state index in [1.165, 1.54) is 17.7 Å². The number of amides is 1. The zero-order valence-electron chi connectivity index (χ0n) is 16.5. The molecule has 2 aromatic carbocycles. The molecule has 1 saturated heterocycles. The Bertz CT molecular complexity index is 809. The van der Waals surface area contributed by atoms with Gasteiger partial charge in [0.25, 0.3) is 5.91 Å². The van der Waals surface area contributed by atoms with E-state index in [1.54, 1.807) is 0 Å². The van der Waals surface area contributed by atoms with Crippen LogP contribution in [0.2, 0.25) is 0 Å². The second-order valence-electron chi connectivity index (χ2n) is 7.53. The first-order valence-electron chi connectivity index (χ1n) is 9.62. The fourth-order valence-electron chi connectivity index (χ4n) is 3.53. The number of hydrogen-bond donors (Lipinski definition) is 1. The van der Waals surface area contributed by atoms with Crippen molar-refractivity contribution in [2.24, 2.45) is 0 Å². The average Bonchev–Trinajstić information content (AvgIpc) is 2.66. The summed E-state index contributed by atoms with van der Waals surface area (Å²) in [5.41, 5.74) is 1.54. The summed E-state index contributed by atoms with van der Waals surface area (Å²) in [5, 5.41) is 2.74. The molecular formula is C22H25F3N2O2. The molecule has 2 aromatic rings. The lowest BCUT2D eigenvalue weighted by Crippen LogP contribution is -2.44. The summed E-state index contributed by atoms with van der Waals surface area (Å²) in [6, 6.07) is 12.2. The minimum atomic E-state index is -4.41. The first kappa shape index (κ1) is 21.3. The predicted molar refractivity (Wildman–Crippen MR) is 104 cm³/mol. The largest absolute Gasteiger partial charge is 0.416 e. The number of rotatable bonds is 5. The van der Waals surface area contributed by atoms with Crippen molar-refractivity contribution < 1.29 is 22.7 Å². The highest BCUT2D eigenvalue weighted by Gasteiger charge is 2.30. The molecule has 1 heterocycles. The van der Waals surface area contributed by atoms with E-state index in [0.29, 0.717) is 6.54 Å². The molecule has 1 aliphatic rings. The summed E-state index contributed by atoms with van der Waals surface area (Å²) in [6.45, 7) is 7.10. The Morgan fingerprint density at radius 2 is 1.55 bits per heavy atom. The SMILES string of the molecule is CC1CN(Cc2ccc(CNC(=O)c3ccc(C(F)(F)F)cc3)cc2)CC(C)O1. The number of alkyl halides is 3. The molecule has 7 heteroatoms. The Balaban J connectivity index is 1.51. The number of benzene rings is 2. The monoisotopic (exact) mass is 406 g/mol. The highest BCUT2D eigenvalue weighted by atomic mass is 19.4. The minimum absolute atomic E-state index is 0.199. The number of carbonyl (C=O) groups is 1. The van der Waals surface area contributed by atoms with Gasteiger partial charge in [-0.05, 0) is 49.2 Å². The van der Waals surface area contributed by atoms with Gasteiger partial charge in [0.15, 0.2) is 0 Å². The third-order valence-electron chi connectivity index (χ3n) is 4.85. The molecule has 1 aliphatic heterocycles. The maximum Gasteiger partial charge on any atom is 0.416 e. The van der Waals surface area contributed by atoms with Crippen LogP contribution >= 0.6 is 0 Å². The number of nitrogens with zero attached hydrogens (tertiary/aromatic N) is 1. The zero-order valence-corrected chi connectivity index (χ0v) is 16.5. The van der Waals surface area contributed by atoms with Crippen LogP contribution in [-0.2, 0) is 24.0 Å². The first-order valence-corrected chi connectivity index (χ1v) is 9.62. The van der Waals surface area contributed by atoms with Gasteiger partial charge in [0.05, 0.1) is 17.8 Å². The van der Waals surface area contributed by atoms with Gasteiger partial charge in [-0.15, -0.1) is 0 Å². The van der Waals surface area contributed by atoms with Crippen LogP contribution in [0.3, 0.4) is 0 Å². The van der Waals surface area contributed by atoms with E-state index in [-0.39, 0.29) is 17.8 Å². The Hall–Kier alpha value is -2.38. The quantitative estimate of drug-likeness (QED) is 0.808. The molecule has 1 N–H and O–H groups in total. The number of halogens is 3. The van der Waals surface area contributed by atoms with E-state index < -0.39 is 17.6 Å². The number of ether oxygens (including phenoxy) is 1. The Morgan fingerprint density at radius 1 is 1.00 bits per heavy atom. The fourth-order valence-corrected chi connectivity index (χ4v) is 3.53. The summed E-state index contributed by atoms with van der Waals surface area (Å²) in [6.07, 6.45) is -3.97. The van der Waals surface area contributed by atoms with Crippen molar-refractivity contribution in [3.8, 4) is 0 Å². The highest BCUT2D eigenvalue weighted by Crippen LogP contribution is 2.29. The Labute approximate surface area is 168 Å². The van der Waals surface area contributed by atoms with Gasteiger partial charge in [-0.3, -0.25) is 9.69 Å². The summed E-state index contributed by atoms with van der Waals surface area (Å²) >= 11 is 0. The number of hydrogen-bond acceptors (Lipinski definition) is 3. The van der Waals surface area contributed by atoms with Gasteiger partial charge < -0.3 is 10.1 Å². The van der Waals surface area contributed by atoms with E-state index in [0.717, 1.165) is 37.3 Å². The van der Waals surface area contributed by atoms with Crippen LogP contribution in [0.5, 0.6) is 0 Å². The van der Waals surface area contributed by atoms with Gasteiger partial charge in [-0.1, -0.05) is 24.3 Å². The van der Waals surface area contributed by atoms with E-state index in [2.05, 4.69) is 24.1 Å². The molecule has 0 aromatic heterocycles. The molecule has 0 bridgehead atoms. The Kier molecular flexibility index (Phi) is 6.59. The fraction of sp³-hybridized carbons (Fsp3) is 0.409. The van der Waals surface area contributed by atoms with Crippen LogP contribution < -0.4 is 5.32 Å². The molecule has 1 fully saturated rings. The molecule has 2 unspecified atom stereocenters. The lowest BCUT2D eigenvalue weighted by Gasteiger charge is -2.35. The van der Waals surface area contributed by atoms with Gasteiger partial charge in [0, 0.05) is 31.7 Å². The third kappa shape index (κ3) is 6.05. The zero-order chi connectivity index (χ0) is 21.0. The van der Waals surface area contributed by atoms with Crippen LogP contribution in [0.25, 0.3) is 0 Å². The van der Waals surface area contributed by atoms with Gasteiger partial charge in [-0.25, -0.2) is 0 Å². The van der Waals surface area contributed by atoms with Crippen molar-refractivity contribution in [3.63, 3.8) is 0 Å². The number of carbonyl (C=O) groups excluding carboxylic acids is 1. The van der Waals surface area contributed by atoms with E-state index in [1.807, 2.05) is 24.3 Å². The molecule has 4 nitrogen and oxygen atoms in total. The summed E-state index contributed by atoms with van der Waals surface area (Å²) in [7, 11) is 0. The van der Waals surface area contributed by atoms with Crippen molar-refractivity contribution in [1.82, 2.24) is 10.2 Å². The molecule has 0 saturated carbocycles. The van der Waals surface area contributed by atoms with E-state index >= 15 is 0 Å².